The quantitative estimate of drug-likeness (QED) is 0.842. The standard InChI is InChI=1S/C13H16O5/c1-8-5-10-11(18-4-3-17-10)6-9(8)13(2,7-14)12(15)16/h5-6,14H,3-4,7H2,1-2H3,(H,15,16). The van der Waals surface area contributed by atoms with E-state index in [4.69, 9.17) is 9.47 Å². The van der Waals surface area contributed by atoms with Crippen LogP contribution in [-0.2, 0) is 10.2 Å². The fraction of sp³-hybridized carbons (Fsp3) is 0.462. The highest BCUT2D eigenvalue weighted by Gasteiger charge is 2.37. The molecular formula is C13H16O5. The van der Waals surface area contributed by atoms with Gasteiger partial charge >= 0.3 is 5.97 Å². The van der Waals surface area contributed by atoms with E-state index in [0.29, 0.717) is 30.3 Å². The van der Waals surface area contributed by atoms with E-state index >= 15 is 0 Å². The summed E-state index contributed by atoms with van der Waals surface area (Å²) in [6.45, 7) is 3.75. The fourth-order valence-corrected chi connectivity index (χ4v) is 2.05. The second-order valence-electron chi connectivity index (χ2n) is 4.61. The zero-order chi connectivity index (χ0) is 13.3. The van der Waals surface area contributed by atoms with E-state index in [1.54, 1.807) is 19.1 Å². The molecule has 2 N–H and O–H groups in total. The molecule has 0 saturated carbocycles. The van der Waals surface area contributed by atoms with Crippen LogP contribution in [0.15, 0.2) is 12.1 Å². The molecule has 0 fully saturated rings. The Kier molecular flexibility index (Phi) is 3.17. The summed E-state index contributed by atoms with van der Waals surface area (Å²) in [6.07, 6.45) is 0. The Labute approximate surface area is 105 Å². The smallest absolute Gasteiger partial charge is 0.316 e. The third-order valence-electron chi connectivity index (χ3n) is 3.27. The van der Waals surface area contributed by atoms with Crippen LogP contribution in [0.1, 0.15) is 18.1 Å². The second kappa shape index (κ2) is 4.49. The van der Waals surface area contributed by atoms with Crippen LogP contribution in [0.3, 0.4) is 0 Å². The van der Waals surface area contributed by atoms with Crippen molar-refractivity contribution in [3.05, 3.63) is 23.3 Å². The molecule has 0 spiro atoms. The fourth-order valence-electron chi connectivity index (χ4n) is 2.05. The maximum absolute atomic E-state index is 11.3. The first-order valence-corrected chi connectivity index (χ1v) is 5.74. The van der Waals surface area contributed by atoms with Crippen LogP contribution in [0, 0.1) is 6.92 Å². The van der Waals surface area contributed by atoms with Gasteiger partial charge < -0.3 is 19.7 Å². The number of hydrogen-bond acceptors (Lipinski definition) is 4. The van der Waals surface area contributed by atoms with Crippen molar-refractivity contribution in [2.75, 3.05) is 19.8 Å². The van der Waals surface area contributed by atoms with Crippen molar-refractivity contribution in [3.8, 4) is 11.5 Å². The molecule has 1 aromatic carbocycles. The maximum Gasteiger partial charge on any atom is 0.316 e. The van der Waals surface area contributed by atoms with Crippen LogP contribution >= 0.6 is 0 Å². The molecule has 5 nitrogen and oxygen atoms in total. The Bertz CT molecular complexity index is 483. The van der Waals surface area contributed by atoms with Crippen LogP contribution in [0.25, 0.3) is 0 Å². The summed E-state index contributed by atoms with van der Waals surface area (Å²) in [5, 5.41) is 18.7. The first-order valence-electron chi connectivity index (χ1n) is 5.74. The van der Waals surface area contributed by atoms with Crippen molar-refractivity contribution in [3.63, 3.8) is 0 Å². The molecule has 0 aromatic heterocycles. The van der Waals surface area contributed by atoms with Crippen LogP contribution in [0.2, 0.25) is 0 Å². The monoisotopic (exact) mass is 252 g/mol. The first kappa shape index (κ1) is 12.7. The molecule has 1 aliphatic rings. The van der Waals surface area contributed by atoms with Crippen LogP contribution in [0.5, 0.6) is 11.5 Å². The van der Waals surface area contributed by atoms with Crippen molar-refractivity contribution in [1.29, 1.82) is 0 Å². The Morgan fingerprint density at radius 1 is 1.33 bits per heavy atom. The van der Waals surface area contributed by atoms with Crippen LogP contribution in [0.4, 0.5) is 0 Å². The number of carboxylic acid groups (broad SMARTS) is 1. The first-order chi connectivity index (χ1) is 8.49. The number of hydrogen-bond donors (Lipinski definition) is 2. The molecule has 1 atom stereocenters. The van der Waals surface area contributed by atoms with Gasteiger partial charge in [0.05, 0.1) is 6.61 Å². The number of aliphatic hydroxyl groups excluding tert-OH is 1. The molecule has 5 heteroatoms. The molecule has 0 aliphatic carbocycles. The number of carboxylic acids is 1. The second-order valence-corrected chi connectivity index (χ2v) is 4.61. The number of fused-ring (bicyclic) bond motifs is 1. The minimum absolute atomic E-state index is 0.443. The van der Waals surface area contributed by atoms with Crippen molar-refractivity contribution in [2.45, 2.75) is 19.3 Å². The lowest BCUT2D eigenvalue weighted by Crippen LogP contribution is -2.37. The van der Waals surface area contributed by atoms with Gasteiger partial charge in [-0.3, -0.25) is 4.79 Å². The predicted octanol–water partition coefficient (Wildman–Crippen LogP) is 1.10. The van der Waals surface area contributed by atoms with Gasteiger partial charge in [-0.2, -0.15) is 0 Å². The zero-order valence-corrected chi connectivity index (χ0v) is 10.4. The lowest BCUT2D eigenvalue weighted by molar-refractivity contribution is -0.144. The van der Waals surface area contributed by atoms with Gasteiger partial charge in [0.2, 0.25) is 0 Å². The highest BCUT2D eigenvalue weighted by molar-refractivity contribution is 5.82. The molecular weight excluding hydrogens is 236 g/mol. The number of ether oxygens (including phenoxy) is 2. The number of benzene rings is 1. The van der Waals surface area contributed by atoms with Gasteiger partial charge in [0.25, 0.3) is 0 Å². The Morgan fingerprint density at radius 3 is 2.39 bits per heavy atom. The molecule has 0 radical (unpaired) electrons. The van der Waals surface area contributed by atoms with E-state index in [-0.39, 0.29) is 0 Å². The number of rotatable bonds is 3. The summed E-state index contributed by atoms with van der Waals surface area (Å²) in [7, 11) is 0. The van der Waals surface area contributed by atoms with E-state index in [9.17, 15) is 15.0 Å². The summed E-state index contributed by atoms with van der Waals surface area (Å²) < 4.78 is 10.9. The van der Waals surface area contributed by atoms with Gasteiger partial charge in [-0.05, 0) is 37.1 Å². The maximum atomic E-state index is 11.3. The van der Waals surface area contributed by atoms with Crippen molar-refractivity contribution in [1.82, 2.24) is 0 Å². The molecule has 1 unspecified atom stereocenters. The van der Waals surface area contributed by atoms with E-state index in [1.165, 1.54) is 6.92 Å². The average Bonchev–Trinajstić information content (AvgIpc) is 2.36. The Balaban J connectivity index is 2.54. The summed E-state index contributed by atoms with van der Waals surface area (Å²) >= 11 is 0. The largest absolute Gasteiger partial charge is 0.486 e. The van der Waals surface area contributed by atoms with E-state index < -0.39 is 18.0 Å². The summed E-state index contributed by atoms with van der Waals surface area (Å²) in [6, 6.07) is 3.40. The topological polar surface area (TPSA) is 76.0 Å². The van der Waals surface area contributed by atoms with Gasteiger partial charge in [0.15, 0.2) is 11.5 Å². The van der Waals surface area contributed by atoms with Gasteiger partial charge in [-0.25, -0.2) is 0 Å². The van der Waals surface area contributed by atoms with Crippen LogP contribution in [-0.4, -0.2) is 36.0 Å². The summed E-state index contributed by atoms with van der Waals surface area (Å²) in [5.41, 5.74) is -0.0279. The average molecular weight is 252 g/mol. The van der Waals surface area contributed by atoms with Gasteiger partial charge in [-0.15, -0.1) is 0 Å². The van der Waals surface area contributed by atoms with E-state index in [0.717, 1.165) is 5.56 Å². The van der Waals surface area contributed by atoms with Gasteiger partial charge in [-0.1, -0.05) is 0 Å². The Morgan fingerprint density at radius 2 is 1.89 bits per heavy atom. The van der Waals surface area contributed by atoms with E-state index in [1.807, 2.05) is 0 Å². The minimum Gasteiger partial charge on any atom is -0.486 e. The molecule has 1 aromatic rings. The molecule has 18 heavy (non-hydrogen) atoms. The summed E-state index contributed by atoms with van der Waals surface area (Å²) in [4.78, 5) is 11.3. The zero-order valence-electron chi connectivity index (χ0n) is 10.4. The molecule has 0 amide bonds. The molecule has 2 rings (SSSR count). The lowest BCUT2D eigenvalue weighted by atomic mass is 9.80. The van der Waals surface area contributed by atoms with Gasteiger partial charge in [0, 0.05) is 0 Å². The number of carbonyl (C=O) groups is 1. The summed E-state index contributed by atoms with van der Waals surface area (Å²) in [5.74, 6) is 0.0840. The molecule has 98 valence electrons. The van der Waals surface area contributed by atoms with Crippen molar-refractivity contribution >= 4 is 5.97 Å². The SMILES string of the molecule is Cc1cc2c(cc1C(C)(CO)C(=O)O)OCCO2. The highest BCUT2D eigenvalue weighted by atomic mass is 16.6. The third-order valence-corrected chi connectivity index (χ3v) is 3.27. The van der Waals surface area contributed by atoms with E-state index in [2.05, 4.69) is 0 Å². The van der Waals surface area contributed by atoms with Crippen molar-refractivity contribution < 1.29 is 24.5 Å². The Hall–Kier alpha value is -1.75. The minimum atomic E-state index is -1.33. The molecule has 0 bridgehead atoms. The number of aliphatic carboxylic acids is 1. The number of aliphatic hydroxyl groups is 1. The highest BCUT2D eigenvalue weighted by Crippen LogP contribution is 2.37. The van der Waals surface area contributed by atoms with Crippen LogP contribution < -0.4 is 9.47 Å². The van der Waals surface area contributed by atoms with Gasteiger partial charge in [0.1, 0.15) is 18.6 Å². The molecule has 1 heterocycles. The normalized spacial score (nSPS) is 17.1. The predicted molar refractivity (Wildman–Crippen MR) is 64.2 cm³/mol. The molecule has 0 saturated heterocycles. The number of aryl methyl sites for hydroxylation is 1. The lowest BCUT2D eigenvalue weighted by Gasteiger charge is -2.27. The van der Waals surface area contributed by atoms with Crippen molar-refractivity contribution in [2.24, 2.45) is 0 Å². The molecule has 1 aliphatic heterocycles. The third kappa shape index (κ3) is 1.90.